The van der Waals surface area contributed by atoms with Gasteiger partial charge in [-0.2, -0.15) is 0 Å². The zero-order chi connectivity index (χ0) is 19.0. The first-order valence-corrected chi connectivity index (χ1v) is 8.99. The molecule has 1 aliphatic rings. The Bertz CT molecular complexity index is 1040. The van der Waals surface area contributed by atoms with Crippen LogP contribution >= 0.6 is 0 Å². The highest BCUT2D eigenvalue weighted by atomic mass is 16.3. The highest BCUT2D eigenvalue weighted by Crippen LogP contribution is 2.25. The summed E-state index contributed by atoms with van der Waals surface area (Å²) in [5.74, 6) is 0.892. The van der Waals surface area contributed by atoms with Crippen LogP contribution in [-0.4, -0.2) is 26.5 Å². The molecule has 0 radical (unpaired) electrons. The molecule has 1 aliphatic heterocycles. The van der Waals surface area contributed by atoms with E-state index >= 15 is 0 Å². The molecule has 6 nitrogen and oxygen atoms in total. The van der Waals surface area contributed by atoms with E-state index in [1.165, 1.54) is 0 Å². The van der Waals surface area contributed by atoms with Crippen LogP contribution < -0.4 is 11.3 Å². The van der Waals surface area contributed by atoms with Crippen LogP contribution in [0.4, 0.5) is 5.69 Å². The number of nitrogens with zero attached hydrogens (tertiary/aromatic N) is 2. The molecule has 6 heteroatoms. The third-order valence-electron chi connectivity index (χ3n) is 5.05. The average Bonchev–Trinajstić information content (AvgIpc) is 2.66. The number of hydrogen-bond donors (Lipinski definition) is 3. The van der Waals surface area contributed by atoms with Gasteiger partial charge in [0.05, 0.1) is 5.69 Å². The van der Waals surface area contributed by atoms with Crippen molar-refractivity contribution in [2.75, 3.05) is 12.3 Å². The molecule has 0 fully saturated rings. The Morgan fingerprint density at radius 2 is 2.00 bits per heavy atom. The van der Waals surface area contributed by atoms with Gasteiger partial charge in [0.1, 0.15) is 11.6 Å². The maximum atomic E-state index is 12.5. The Kier molecular flexibility index (Phi) is 4.41. The number of phenols is 1. The summed E-state index contributed by atoms with van der Waals surface area (Å²) < 4.78 is 0. The van der Waals surface area contributed by atoms with Crippen molar-refractivity contribution in [1.29, 1.82) is 0 Å². The lowest BCUT2D eigenvalue weighted by molar-refractivity contribution is 0.237. The normalized spacial score (nSPS) is 14.1. The van der Waals surface area contributed by atoms with Gasteiger partial charge in [0.15, 0.2) is 0 Å². The number of para-hydroxylation sites is 1. The van der Waals surface area contributed by atoms with E-state index < -0.39 is 0 Å². The lowest BCUT2D eigenvalue weighted by Crippen LogP contribution is -2.35. The Morgan fingerprint density at radius 3 is 2.78 bits per heavy atom. The second kappa shape index (κ2) is 6.89. The third kappa shape index (κ3) is 3.44. The zero-order valence-corrected chi connectivity index (χ0v) is 15.2. The molecule has 2 aromatic carbocycles. The van der Waals surface area contributed by atoms with E-state index in [-0.39, 0.29) is 5.56 Å². The molecular weight excluding hydrogens is 340 g/mol. The van der Waals surface area contributed by atoms with Crippen molar-refractivity contribution in [2.24, 2.45) is 0 Å². The van der Waals surface area contributed by atoms with Crippen molar-refractivity contribution in [3.63, 3.8) is 0 Å². The Morgan fingerprint density at radius 1 is 1.22 bits per heavy atom. The number of nitrogens with two attached hydrogens (primary N) is 1. The standard InChI is InChI=1S/C21H22N4O2/c1-13-3-2-4-15(19(13)26)11-25-10-9-17-18(12-25)23-20(24-21(17)27)14-5-7-16(22)8-6-14/h2-8,26H,9-12,22H2,1H3,(H,23,24,27). The minimum atomic E-state index is -0.0788. The summed E-state index contributed by atoms with van der Waals surface area (Å²) >= 11 is 0. The summed E-state index contributed by atoms with van der Waals surface area (Å²) in [4.78, 5) is 22.3. The molecule has 1 aromatic heterocycles. The summed E-state index contributed by atoms with van der Waals surface area (Å²) in [7, 11) is 0. The summed E-state index contributed by atoms with van der Waals surface area (Å²) in [6.07, 6.45) is 0.645. The smallest absolute Gasteiger partial charge is 0.254 e. The van der Waals surface area contributed by atoms with Gasteiger partial charge < -0.3 is 15.8 Å². The Hall–Kier alpha value is -3.12. The second-order valence-electron chi connectivity index (χ2n) is 7.01. The predicted molar refractivity (Wildman–Crippen MR) is 105 cm³/mol. The molecule has 0 saturated carbocycles. The highest BCUT2D eigenvalue weighted by Gasteiger charge is 2.22. The number of nitrogen functional groups attached to an aromatic ring is 1. The van der Waals surface area contributed by atoms with Crippen molar-refractivity contribution in [2.45, 2.75) is 26.4 Å². The van der Waals surface area contributed by atoms with E-state index in [0.29, 0.717) is 36.8 Å². The molecule has 0 amide bonds. The first-order chi connectivity index (χ1) is 13.0. The molecule has 4 N–H and O–H groups in total. The van der Waals surface area contributed by atoms with Gasteiger partial charge in [0, 0.05) is 42.0 Å². The minimum absolute atomic E-state index is 0.0788. The molecule has 0 unspecified atom stereocenters. The quantitative estimate of drug-likeness (QED) is 0.623. The maximum absolute atomic E-state index is 12.5. The van der Waals surface area contributed by atoms with Gasteiger partial charge in [0.2, 0.25) is 0 Å². The lowest BCUT2D eigenvalue weighted by Gasteiger charge is -2.28. The third-order valence-corrected chi connectivity index (χ3v) is 5.05. The van der Waals surface area contributed by atoms with Crippen LogP contribution in [-0.2, 0) is 19.5 Å². The van der Waals surface area contributed by atoms with Gasteiger partial charge in [-0.05, 0) is 43.2 Å². The Labute approximate surface area is 157 Å². The zero-order valence-electron chi connectivity index (χ0n) is 15.2. The summed E-state index contributed by atoms with van der Waals surface area (Å²) in [5.41, 5.74) is 10.5. The van der Waals surface area contributed by atoms with E-state index in [4.69, 9.17) is 10.7 Å². The van der Waals surface area contributed by atoms with Crippen LogP contribution in [0.3, 0.4) is 0 Å². The van der Waals surface area contributed by atoms with Crippen LogP contribution in [0.2, 0.25) is 0 Å². The second-order valence-corrected chi connectivity index (χ2v) is 7.01. The van der Waals surface area contributed by atoms with Gasteiger partial charge in [-0.1, -0.05) is 18.2 Å². The van der Waals surface area contributed by atoms with Crippen LogP contribution in [0.1, 0.15) is 22.4 Å². The molecule has 4 rings (SSSR count). The van der Waals surface area contributed by atoms with Crippen LogP contribution in [0, 0.1) is 6.92 Å². The number of rotatable bonds is 3. The predicted octanol–water partition coefficient (Wildman–Crippen LogP) is 2.59. The van der Waals surface area contributed by atoms with E-state index in [0.717, 1.165) is 34.5 Å². The van der Waals surface area contributed by atoms with E-state index in [9.17, 15) is 9.90 Å². The number of H-pyrrole nitrogens is 1. The van der Waals surface area contributed by atoms with E-state index in [2.05, 4.69) is 9.88 Å². The topological polar surface area (TPSA) is 95.2 Å². The van der Waals surface area contributed by atoms with Crippen molar-refractivity contribution in [3.05, 3.63) is 75.2 Å². The number of fused-ring (bicyclic) bond motifs is 1. The van der Waals surface area contributed by atoms with Crippen molar-refractivity contribution >= 4 is 5.69 Å². The number of aryl methyl sites for hydroxylation is 1. The van der Waals surface area contributed by atoms with E-state index in [1.54, 1.807) is 12.1 Å². The molecule has 0 atom stereocenters. The molecular formula is C21H22N4O2. The largest absolute Gasteiger partial charge is 0.507 e. The van der Waals surface area contributed by atoms with Crippen molar-refractivity contribution < 1.29 is 5.11 Å². The average molecular weight is 362 g/mol. The number of aromatic nitrogens is 2. The Balaban J connectivity index is 1.62. The molecule has 138 valence electrons. The SMILES string of the molecule is Cc1cccc(CN2CCc3c(nc(-c4ccc(N)cc4)[nH]c3=O)C2)c1O. The van der Waals surface area contributed by atoms with Gasteiger partial charge in [-0.15, -0.1) is 0 Å². The number of anilines is 1. The van der Waals surface area contributed by atoms with Crippen molar-refractivity contribution in [1.82, 2.24) is 14.9 Å². The summed E-state index contributed by atoms with van der Waals surface area (Å²) in [6, 6.07) is 13.1. The molecule has 0 aliphatic carbocycles. The fourth-order valence-corrected chi connectivity index (χ4v) is 3.49. The minimum Gasteiger partial charge on any atom is -0.507 e. The monoisotopic (exact) mass is 362 g/mol. The highest BCUT2D eigenvalue weighted by molar-refractivity contribution is 5.58. The fourth-order valence-electron chi connectivity index (χ4n) is 3.49. The van der Waals surface area contributed by atoms with Gasteiger partial charge >= 0.3 is 0 Å². The maximum Gasteiger partial charge on any atom is 0.254 e. The van der Waals surface area contributed by atoms with Gasteiger partial charge in [0.25, 0.3) is 5.56 Å². The molecule has 0 bridgehead atoms. The molecule has 27 heavy (non-hydrogen) atoms. The van der Waals surface area contributed by atoms with E-state index in [1.807, 2.05) is 37.3 Å². The number of hydrogen-bond acceptors (Lipinski definition) is 5. The molecule has 0 spiro atoms. The number of aromatic hydroxyl groups is 1. The van der Waals surface area contributed by atoms with Crippen LogP contribution in [0.15, 0.2) is 47.3 Å². The van der Waals surface area contributed by atoms with Gasteiger partial charge in [-0.25, -0.2) is 4.98 Å². The molecule has 2 heterocycles. The first-order valence-electron chi connectivity index (χ1n) is 8.99. The summed E-state index contributed by atoms with van der Waals surface area (Å²) in [5, 5.41) is 10.3. The first kappa shape index (κ1) is 17.3. The molecule has 0 saturated heterocycles. The number of phenolic OH excluding ortho intramolecular Hbond substituents is 1. The van der Waals surface area contributed by atoms with Gasteiger partial charge in [-0.3, -0.25) is 9.69 Å². The lowest BCUT2D eigenvalue weighted by atomic mass is 10.0. The van der Waals surface area contributed by atoms with Crippen LogP contribution in [0.25, 0.3) is 11.4 Å². The fraction of sp³-hybridized carbons (Fsp3) is 0.238. The molecule has 3 aromatic rings. The van der Waals surface area contributed by atoms with Crippen molar-refractivity contribution in [3.8, 4) is 17.1 Å². The number of nitrogens with one attached hydrogen (secondary N) is 1. The number of aromatic amines is 1. The summed E-state index contributed by atoms with van der Waals surface area (Å²) in [6.45, 7) is 3.85. The number of benzene rings is 2. The van der Waals surface area contributed by atoms with Crippen LogP contribution in [0.5, 0.6) is 5.75 Å².